The first-order chi connectivity index (χ1) is 44.7. The molecule has 0 saturated heterocycles. The number of aliphatic hydroxyl groups is 4. The Bertz CT molecular complexity index is 2700. The van der Waals surface area contributed by atoms with Crippen LogP contribution < -0.4 is 0 Å². The molecule has 0 aromatic rings. The fourth-order valence-corrected chi connectivity index (χ4v) is 31.1. The highest BCUT2D eigenvalue weighted by molar-refractivity contribution is 5.20. The number of hydrogen-bond acceptors (Lipinski definition) is 10. The minimum atomic E-state index is -0.266. The van der Waals surface area contributed by atoms with Gasteiger partial charge in [-0.05, 0) is 342 Å². The van der Waals surface area contributed by atoms with Gasteiger partial charge in [-0.15, -0.1) is 0 Å². The molecule has 10 nitrogen and oxygen atoms in total. The SMILES string of the molecule is CO[C@@H]1C[C@]2(C)[C@@H](C#N)CC[C@H]2[C@@H]2CC[C@H]3C[C@H](C)CC[C@]3(C)C21.CO[C@@H]1C[C@]2(C)[C@@H](C#N)CC[C@H]2[C@@H]2CC[C@H]3C[C@H](O)CC[C@]3(C)C21.C[C@@H]1CC[C@]2(C)C3[C@H](O)C[C@]4(C)[C@@H](C#N)CC[C@H]4[C@@H]3CC[C@H]2C1.C[C@]12C[C@@H](O)C3[C@@H](CC[C@H]4C[C@H](O)CC[C@]34C)[C@@H]1CC[C@@H]2C#N. The molecule has 0 amide bonds. The summed E-state index contributed by atoms with van der Waals surface area (Å²) in [5.74, 6) is 13.2. The Kier molecular flexibility index (Phi) is 19.4. The van der Waals surface area contributed by atoms with E-state index in [-0.39, 0.29) is 81.3 Å². The van der Waals surface area contributed by atoms with Gasteiger partial charge < -0.3 is 29.9 Å². The van der Waals surface area contributed by atoms with Crippen molar-refractivity contribution in [2.24, 2.45) is 174 Å². The summed E-state index contributed by atoms with van der Waals surface area (Å²) >= 11 is 0. The smallest absolute Gasteiger partial charge is 0.0661 e. The van der Waals surface area contributed by atoms with E-state index in [0.29, 0.717) is 87.4 Å². The number of methoxy groups -OCH3 is 2. The lowest BCUT2D eigenvalue weighted by atomic mass is 9.43. The molecule has 16 rings (SSSR count). The van der Waals surface area contributed by atoms with E-state index in [4.69, 9.17) is 9.47 Å². The quantitative estimate of drug-likeness (QED) is 0.207. The molecular formula is C84H132N4O6. The summed E-state index contributed by atoms with van der Waals surface area (Å²) in [6, 6.07) is 10.4. The normalized spacial score (nSPS) is 57.7. The van der Waals surface area contributed by atoms with Crippen LogP contribution in [0.4, 0.5) is 0 Å². The van der Waals surface area contributed by atoms with E-state index < -0.39 is 0 Å². The zero-order chi connectivity index (χ0) is 67.0. The molecular weight excluding hydrogens is 1160 g/mol. The second-order valence-corrected chi connectivity index (χ2v) is 39.5. The van der Waals surface area contributed by atoms with Crippen LogP contribution in [0.15, 0.2) is 0 Å². The minimum Gasteiger partial charge on any atom is -0.393 e. The van der Waals surface area contributed by atoms with Crippen molar-refractivity contribution in [2.75, 3.05) is 14.2 Å². The number of aliphatic hydroxyl groups excluding tert-OH is 4. The van der Waals surface area contributed by atoms with Crippen LogP contribution in [0.25, 0.3) is 0 Å². The summed E-state index contributed by atoms with van der Waals surface area (Å²) in [6.07, 6.45) is 37.6. The first kappa shape index (κ1) is 70.2. The molecule has 4 unspecified atom stereocenters. The van der Waals surface area contributed by atoms with Crippen molar-refractivity contribution in [3.05, 3.63) is 0 Å². The van der Waals surface area contributed by atoms with E-state index in [9.17, 15) is 41.5 Å². The van der Waals surface area contributed by atoms with Crippen molar-refractivity contribution in [1.82, 2.24) is 0 Å². The maximum absolute atomic E-state index is 11.2. The van der Waals surface area contributed by atoms with Crippen molar-refractivity contribution < 1.29 is 29.9 Å². The number of nitrogens with zero attached hydrogens (tertiary/aromatic N) is 4. The van der Waals surface area contributed by atoms with Crippen LogP contribution in [0, 0.1) is 219 Å². The van der Waals surface area contributed by atoms with E-state index >= 15 is 0 Å². The fraction of sp³-hybridized carbons (Fsp3) is 0.952. The molecule has 36 atom stereocenters. The van der Waals surface area contributed by atoms with Crippen LogP contribution in [0.1, 0.15) is 275 Å². The summed E-state index contributed by atoms with van der Waals surface area (Å²) in [5.41, 5.74) is 1.76. The minimum absolute atomic E-state index is 0.0205. The molecule has 16 aliphatic carbocycles. The van der Waals surface area contributed by atoms with Gasteiger partial charge in [-0.2, -0.15) is 21.0 Å². The molecule has 16 aliphatic rings. The third-order valence-electron chi connectivity index (χ3n) is 36.0. The molecule has 16 saturated carbocycles. The van der Waals surface area contributed by atoms with Crippen LogP contribution in [0.3, 0.4) is 0 Å². The van der Waals surface area contributed by atoms with Crippen molar-refractivity contribution in [3.8, 4) is 24.3 Å². The standard InChI is InChI=1S/C22H35NO.C21H33NO2.C21H33NO.C20H31NO2/c1-14-9-10-21(2)15(11-14)5-7-17-18-8-6-16(13-23)22(18,3)12-19(24-4)20(17)21;1-20-9-8-15(23)10-13(20)4-6-16-17-7-5-14(12-22)21(17,2)11-18(24-3)19(16)20;1-13-8-9-20(2)14(10-13)4-6-16-17-7-5-15(12-22)21(17,3)11-18(23)19(16)20;1-19-8-7-14(22)9-12(19)3-5-15-16-6-4-13(11-21)20(16,2)10-17(23)18(15)19/h14-20H,5-12H2,1-4H3;13-19,23H,4-11H2,1-3H3;13-19,23H,4-11H2,1-3H3;12-18,22-23H,3-10H2,1-2H3/t14-,15+,16-,17+,18+,19-,20?,21+,22-;13-,14+,15+,16-,17-,18+,19?,20-,21+;13-,14+,15-,16+,17+,18-,19?,20+,21-;12-,13+,14+,15-,16-,17+,18?,19-,20+/m1010/s1. The lowest BCUT2D eigenvalue weighted by Gasteiger charge is -2.62. The van der Waals surface area contributed by atoms with Gasteiger partial charge in [0.1, 0.15) is 0 Å². The predicted octanol–water partition coefficient (Wildman–Crippen LogP) is 17.9. The van der Waals surface area contributed by atoms with Gasteiger partial charge >= 0.3 is 0 Å². The van der Waals surface area contributed by atoms with Gasteiger partial charge in [-0.3, -0.25) is 0 Å². The molecule has 524 valence electrons. The Hall–Kier alpha value is -2.28. The molecule has 0 heterocycles. The average molecular weight is 1290 g/mol. The average Bonchev–Trinajstić information content (AvgIpc) is 1.32. The Morgan fingerprint density at radius 3 is 0.872 bits per heavy atom. The first-order valence-corrected chi connectivity index (χ1v) is 40.0. The van der Waals surface area contributed by atoms with E-state index in [1.807, 2.05) is 14.2 Å². The number of rotatable bonds is 2. The lowest BCUT2D eigenvalue weighted by Crippen LogP contribution is -2.59. The molecule has 10 heteroatoms. The number of nitriles is 4. The van der Waals surface area contributed by atoms with Gasteiger partial charge in [0.05, 0.1) is 84.6 Å². The molecule has 0 aliphatic heterocycles. The zero-order valence-electron chi connectivity index (χ0n) is 61.2. The zero-order valence-corrected chi connectivity index (χ0v) is 61.2. The summed E-state index contributed by atoms with van der Waals surface area (Å²) in [6.45, 7) is 24.2. The molecule has 16 fully saturated rings. The Labute approximate surface area is 571 Å². The number of ether oxygens (including phenoxy) is 2. The van der Waals surface area contributed by atoms with E-state index in [0.717, 1.165) is 131 Å². The van der Waals surface area contributed by atoms with Crippen molar-refractivity contribution in [3.63, 3.8) is 0 Å². The van der Waals surface area contributed by atoms with Gasteiger partial charge in [0.25, 0.3) is 0 Å². The maximum atomic E-state index is 11.2. The van der Waals surface area contributed by atoms with Gasteiger partial charge in [0.15, 0.2) is 0 Å². The van der Waals surface area contributed by atoms with Crippen LogP contribution >= 0.6 is 0 Å². The number of hydrogen-bond donors (Lipinski definition) is 4. The van der Waals surface area contributed by atoms with Crippen molar-refractivity contribution in [2.45, 2.75) is 311 Å². The molecule has 0 spiro atoms. The Morgan fingerprint density at radius 1 is 0.309 bits per heavy atom. The third-order valence-corrected chi connectivity index (χ3v) is 36.0. The van der Waals surface area contributed by atoms with Gasteiger partial charge in [-0.1, -0.05) is 82.1 Å². The molecule has 4 N–H and O–H groups in total. The Balaban J connectivity index is 0.000000114. The van der Waals surface area contributed by atoms with Crippen LogP contribution in [0.2, 0.25) is 0 Å². The largest absolute Gasteiger partial charge is 0.393 e. The monoisotopic (exact) mass is 1290 g/mol. The Morgan fingerprint density at radius 2 is 0.574 bits per heavy atom. The first-order valence-electron chi connectivity index (χ1n) is 40.0. The second-order valence-electron chi connectivity index (χ2n) is 39.5. The van der Waals surface area contributed by atoms with E-state index in [1.54, 1.807) is 0 Å². The maximum Gasteiger partial charge on any atom is 0.0661 e. The van der Waals surface area contributed by atoms with Gasteiger partial charge in [-0.25, -0.2) is 0 Å². The molecule has 0 aromatic heterocycles. The predicted molar refractivity (Wildman–Crippen MR) is 369 cm³/mol. The molecule has 0 radical (unpaired) electrons. The van der Waals surface area contributed by atoms with Gasteiger partial charge in [0, 0.05) is 14.2 Å². The third kappa shape index (κ3) is 11.0. The lowest BCUT2D eigenvalue weighted by molar-refractivity contribution is -0.183. The summed E-state index contributed by atoms with van der Waals surface area (Å²) in [5, 5.41) is 81.1. The number of fused-ring (bicyclic) bond motifs is 20. The van der Waals surface area contributed by atoms with E-state index in [1.165, 1.54) is 116 Å². The highest BCUT2D eigenvalue weighted by Gasteiger charge is 2.68. The highest BCUT2D eigenvalue weighted by Crippen LogP contribution is 2.73. The summed E-state index contributed by atoms with van der Waals surface area (Å²) in [4.78, 5) is 0. The van der Waals surface area contributed by atoms with Crippen LogP contribution in [-0.4, -0.2) is 71.3 Å². The van der Waals surface area contributed by atoms with Crippen LogP contribution in [0.5, 0.6) is 0 Å². The summed E-state index contributed by atoms with van der Waals surface area (Å²) < 4.78 is 12.3. The topological polar surface area (TPSA) is 195 Å². The summed E-state index contributed by atoms with van der Waals surface area (Å²) in [7, 11) is 3.81. The molecule has 0 bridgehead atoms. The molecule has 94 heavy (non-hydrogen) atoms. The second kappa shape index (κ2) is 26.0. The van der Waals surface area contributed by atoms with Crippen molar-refractivity contribution in [1.29, 1.82) is 21.0 Å². The van der Waals surface area contributed by atoms with Crippen LogP contribution in [-0.2, 0) is 9.47 Å². The van der Waals surface area contributed by atoms with E-state index in [2.05, 4.69) is 93.5 Å². The molecule has 0 aromatic carbocycles. The fourth-order valence-electron chi connectivity index (χ4n) is 31.1. The highest BCUT2D eigenvalue weighted by atomic mass is 16.5. The van der Waals surface area contributed by atoms with Crippen molar-refractivity contribution >= 4 is 0 Å². The van der Waals surface area contributed by atoms with Gasteiger partial charge in [0.2, 0.25) is 0 Å².